The van der Waals surface area contributed by atoms with Gasteiger partial charge in [0.15, 0.2) is 0 Å². The summed E-state index contributed by atoms with van der Waals surface area (Å²) in [4.78, 5) is 28.9. The molecule has 0 saturated carbocycles. The Morgan fingerprint density at radius 3 is 2.19 bits per heavy atom. The van der Waals surface area contributed by atoms with E-state index in [1.807, 2.05) is 20.8 Å². The Morgan fingerprint density at radius 1 is 0.952 bits per heavy atom. The molecule has 3 aromatic rings. The molecule has 0 aliphatic carbocycles. The van der Waals surface area contributed by atoms with Crippen LogP contribution in [0.2, 0.25) is 10.0 Å². The second kappa shape index (κ2) is 15.3. The molecule has 0 bridgehead atoms. The van der Waals surface area contributed by atoms with Gasteiger partial charge in [-0.2, -0.15) is 0 Å². The number of amides is 2. The van der Waals surface area contributed by atoms with Crippen molar-refractivity contribution in [2.75, 3.05) is 24.5 Å². The average Bonchev–Trinajstić information content (AvgIpc) is 2.98. The number of methoxy groups -OCH3 is 1. The van der Waals surface area contributed by atoms with Crippen molar-refractivity contribution in [3.05, 3.63) is 87.9 Å². The fourth-order valence-corrected chi connectivity index (χ4v) is 6.11. The second-order valence-electron chi connectivity index (χ2n) is 9.86. The summed E-state index contributed by atoms with van der Waals surface area (Å²) in [5.74, 6) is -0.324. The number of nitrogens with zero attached hydrogens (tertiary/aromatic N) is 2. The highest BCUT2D eigenvalue weighted by Crippen LogP contribution is 2.28. The van der Waals surface area contributed by atoms with E-state index in [2.05, 4.69) is 5.32 Å². The Labute approximate surface area is 258 Å². The first-order chi connectivity index (χ1) is 20.0. The number of hydrogen-bond acceptors (Lipinski definition) is 5. The molecule has 1 N–H and O–H groups in total. The van der Waals surface area contributed by atoms with Crippen molar-refractivity contribution in [1.82, 2.24) is 10.2 Å². The van der Waals surface area contributed by atoms with Gasteiger partial charge in [-0.1, -0.05) is 67.2 Å². The molecule has 8 nitrogen and oxygen atoms in total. The first-order valence-electron chi connectivity index (χ1n) is 13.8. The molecule has 2 amide bonds. The summed E-state index contributed by atoms with van der Waals surface area (Å²) in [5.41, 5.74) is 1.82. The maximum absolute atomic E-state index is 14.1. The van der Waals surface area contributed by atoms with E-state index in [1.54, 1.807) is 54.6 Å². The van der Waals surface area contributed by atoms with Gasteiger partial charge in [-0.15, -0.1) is 0 Å². The zero-order valence-corrected chi connectivity index (χ0v) is 26.6. The minimum Gasteiger partial charge on any atom is -0.497 e. The minimum atomic E-state index is -4.17. The van der Waals surface area contributed by atoms with E-state index >= 15 is 0 Å². The van der Waals surface area contributed by atoms with Gasteiger partial charge in [-0.3, -0.25) is 13.9 Å². The van der Waals surface area contributed by atoms with Crippen LogP contribution in [0.15, 0.2) is 71.6 Å². The van der Waals surface area contributed by atoms with Gasteiger partial charge in [0, 0.05) is 13.1 Å². The molecule has 42 heavy (non-hydrogen) atoms. The number of nitrogens with one attached hydrogen (secondary N) is 1. The number of benzene rings is 3. The molecule has 0 aromatic heterocycles. The van der Waals surface area contributed by atoms with Crippen molar-refractivity contribution in [3.63, 3.8) is 0 Å². The zero-order valence-electron chi connectivity index (χ0n) is 24.3. The van der Waals surface area contributed by atoms with Crippen LogP contribution in [0.3, 0.4) is 0 Å². The van der Waals surface area contributed by atoms with Gasteiger partial charge < -0.3 is 15.0 Å². The van der Waals surface area contributed by atoms with Crippen LogP contribution < -0.4 is 14.4 Å². The van der Waals surface area contributed by atoms with E-state index < -0.39 is 28.5 Å². The predicted octanol–water partition coefficient (Wildman–Crippen LogP) is 6.23. The molecular formula is C31H37Cl2N3O5S. The Hall–Kier alpha value is -3.27. The van der Waals surface area contributed by atoms with Crippen molar-refractivity contribution in [3.8, 4) is 5.75 Å². The third-order valence-electron chi connectivity index (χ3n) is 6.80. The number of carbonyl (C=O) groups is 2. The number of unbranched alkanes of at least 4 members (excludes halogenated alkanes) is 1. The van der Waals surface area contributed by atoms with E-state index in [4.69, 9.17) is 27.9 Å². The highest BCUT2D eigenvalue weighted by Gasteiger charge is 2.33. The summed E-state index contributed by atoms with van der Waals surface area (Å²) in [6.45, 7) is 5.65. The van der Waals surface area contributed by atoms with Crippen LogP contribution in [-0.4, -0.2) is 51.4 Å². The van der Waals surface area contributed by atoms with Crippen LogP contribution in [0.25, 0.3) is 0 Å². The quantitative estimate of drug-likeness (QED) is 0.212. The number of carbonyl (C=O) groups excluding carboxylic acids is 2. The van der Waals surface area contributed by atoms with Gasteiger partial charge >= 0.3 is 0 Å². The molecule has 0 fully saturated rings. The second-order valence-corrected chi connectivity index (χ2v) is 12.5. The SMILES string of the molecule is CCCCNC(=O)[C@H](CC)N(Cc1ccc(Cl)c(Cl)c1)C(=O)CN(c1ccc(OC)cc1)S(=O)(=O)c1ccc(C)cc1. The lowest BCUT2D eigenvalue weighted by Gasteiger charge is -2.33. The lowest BCUT2D eigenvalue weighted by Crippen LogP contribution is -2.52. The minimum absolute atomic E-state index is 0.0243. The van der Waals surface area contributed by atoms with Crippen LogP contribution in [-0.2, 0) is 26.2 Å². The maximum Gasteiger partial charge on any atom is 0.264 e. The van der Waals surface area contributed by atoms with Crippen molar-refractivity contribution in [2.24, 2.45) is 0 Å². The number of hydrogen-bond donors (Lipinski definition) is 1. The largest absolute Gasteiger partial charge is 0.497 e. The molecule has 0 heterocycles. The predicted molar refractivity (Wildman–Crippen MR) is 168 cm³/mol. The van der Waals surface area contributed by atoms with Crippen molar-refractivity contribution >= 4 is 50.7 Å². The molecule has 1 atom stereocenters. The van der Waals surface area contributed by atoms with E-state index in [9.17, 15) is 18.0 Å². The molecule has 0 spiro atoms. The third-order valence-corrected chi connectivity index (χ3v) is 9.33. The molecule has 226 valence electrons. The Morgan fingerprint density at radius 2 is 1.62 bits per heavy atom. The molecular weight excluding hydrogens is 597 g/mol. The molecule has 0 aliphatic heterocycles. The monoisotopic (exact) mass is 633 g/mol. The Bertz CT molecular complexity index is 1460. The first kappa shape index (κ1) is 33.2. The fourth-order valence-electron chi connectivity index (χ4n) is 4.38. The Balaban J connectivity index is 2.05. The summed E-state index contributed by atoms with van der Waals surface area (Å²) >= 11 is 12.4. The zero-order chi connectivity index (χ0) is 30.9. The highest BCUT2D eigenvalue weighted by molar-refractivity contribution is 7.92. The molecule has 0 saturated heterocycles. The van der Waals surface area contributed by atoms with E-state index in [0.717, 1.165) is 22.7 Å². The fraction of sp³-hybridized carbons (Fsp3) is 0.355. The number of anilines is 1. The number of rotatable bonds is 14. The van der Waals surface area contributed by atoms with Crippen LogP contribution in [0.5, 0.6) is 5.75 Å². The molecule has 0 unspecified atom stereocenters. The smallest absolute Gasteiger partial charge is 0.264 e. The average molecular weight is 635 g/mol. The molecule has 11 heteroatoms. The van der Waals surface area contributed by atoms with Gasteiger partial charge in [-0.25, -0.2) is 8.42 Å². The molecule has 0 aliphatic rings. The Kier molecular flexibility index (Phi) is 12.1. The normalized spacial score (nSPS) is 12.0. The number of aryl methyl sites for hydroxylation is 1. The number of sulfonamides is 1. The first-order valence-corrected chi connectivity index (χ1v) is 16.0. The summed E-state index contributed by atoms with van der Waals surface area (Å²) < 4.78 is 34.2. The van der Waals surface area contributed by atoms with Gasteiger partial charge in [-0.05, 0) is 73.9 Å². The van der Waals surface area contributed by atoms with Crippen molar-refractivity contribution < 1.29 is 22.7 Å². The number of halogens is 2. The lowest BCUT2D eigenvalue weighted by atomic mass is 10.1. The summed E-state index contributed by atoms with van der Waals surface area (Å²) in [5, 5.41) is 3.58. The van der Waals surface area contributed by atoms with Crippen molar-refractivity contribution in [1.29, 1.82) is 0 Å². The van der Waals surface area contributed by atoms with E-state index in [1.165, 1.54) is 24.1 Å². The molecule has 3 rings (SSSR count). The lowest BCUT2D eigenvalue weighted by molar-refractivity contribution is -0.140. The standard InChI is InChI=1S/C31H37Cl2N3O5S/c1-5-7-18-34-31(38)29(6-2)35(20-23-10-17-27(32)28(33)19-23)30(37)21-36(24-11-13-25(41-4)14-12-24)42(39,40)26-15-8-22(3)9-16-26/h8-17,19,29H,5-7,18,20-21H2,1-4H3,(H,34,38)/t29-/m0/s1. The van der Waals surface area contributed by atoms with Crippen LogP contribution in [0.4, 0.5) is 5.69 Å². The summed E-state index contributed by atoms with van der Waals surface area (Å²) in [6.07, 6.45) is 2.01. The highest BCUT2D eigenvalue weighted by atomic mass is 35.5. The van der Waals surface area contributed by atoms with Gasteiger partial charge in [0.1, 0.15) is 18.3 Å². The van der Waals surface area contributed by atoms with Crippen LogP contribution in [0, 0.1) is 6.92 Å². The van der Waals surface area contributed by atoms with Crippen LogP contribution in [0.1, 0.15) is 44.2 Å². The third kappa shape index (κ3) is 8.40. The molecule has 3 aromatic carbocycles. The van der Waals surface area contributed by atoms with E-state index in [0.29, 0.717) is 34.3 Å². The molecule has 0 radical (unpaired) electrons. The number of ether oxygens (including phenoxy) is 1. The summed E-state index contributed by atoms with van der Waals surface area (Å²) in [6, 6.07) is 17.0. The van der Waals surface area contributed by atoms with Gasteiger partial charge in [0.25, 0.3) is 10.0 Å². The van der Waals surface area contributed by atoms with E-state index in [-0.39, 0.29) is 23.0 Å². The maximum atomic E-state index is 14.1. The topological polar surface area (TPSA) is 96.0 Å². The van der Waals surface area contributed by atoms with Gasteiger partial charge in [0.05, 0.1) is 27.7 Å². The van der Waals surface area contributed by atoms with Crippen LogP contribution >= 0.6 is 23.2 Å². The summed E-state index contributed by atoms with van der Waals surface area (Å²) in [7, 11) is -2.66. The van der Waals surface area contributed by atoms with Crippen molar-refractivity contribution in [2.45, 2.75) is 57.5 Å². The van der Waals surface area contributed by atoms with Gasteiger partial charge in [0.2, 0.25) is 11.8 Å².